The third-order valence-corrected chi connectivity index (χ3v) is 5.52. The molecule has 0 aromatic heterocycles. The van der Waals surface area contributed by atoms with Gasteiger partial charge in [0, 0.05) is 12.6 Å². The molecule has 1 saturated heterocycles. The lowest BCUT2D eigenvalue weighted by Crippen LogP contribution is -2.56. The van der Waals surface area contributed by atoms with E-state index in [0.717, 1.165) is 31.7 Å². The van der Waals surface area contributed by atoms with Crippen LogP contribution in [0, 0.1) is 11.6 Å². The largest absolute Gasteiger partial charge is 0.374 e. The number of ether oxygens (including phenoxy) is 1. The first kappa shape index (κ1) is 18.3. The van der Waals surface area contributed by atoms with Crippen molar-refractivity contribution in [3.63, 3.8) is 0 Å². The monoisotopic (exact) mass is 352 g/mol. The summed E-state index contributed by atoms with van der Waals surface area (Å²) < 4.78 is 32.4. The smallest absolute Gasteiger partial charge is 0.237 e. The number of likely N-dealkylation sites (N-methyl/N-ethyl adjacent to an activating group) is 1. The predicted molar refractivity (Wildman–Crippen MR) is 91.1 cm³/mol. The summed E-state index contributed by atoms with van der Waals surface area (Å²) in [6, 6.07) is 3.90. The third-order valence-electron chi connectivity index (χ3n) is 5.52. The molecule has 0 N–H and O–H groups in total. The van der Waals surface area contributed by atoms with E-state index in [1.165, 1.54) is 6.07 Å². The maximum Gasteiger partial charge on any atom is 0.237 e. The van der Waals surface area contributed by atoms with Gasteiger partial charge in [0.1, 0.15) is 0 Å². The number of carbonyl (C=O) groups excluding carboxylic acids is 1. The summed E-state index contributed by atoms with van der Waals surface area (Å²) >= 11 is 0. The molecule has 1 aromatic carbocycles. The first-order chi connectivity index (χ1) is 12.0. The Morgan fingerprint density at radius 3 is 2.84 bits per heavy atom. The van der Waals surface area contributed by atoms with Gasteiger partial charge >= 0.3 is 0 Å². The van der Waals surface area contributed by atoms with Crippen molar-refractivity contribution in [1.29, 1.82) is 0 Å². The van der Waals surface area contributed by atoms with Gasteiger partial charge < -0.3 is 9.64 Å². The number of carbonyl (C=O) groups is 1. The second kappa shape index (κ2) is 7.79. The minimum atomic E-state index is -0.859. The molecule has 1 aliphatic carbocycles. The molecule has 3 unspecified atom stereocenters. The normalized spacial score (nSPS) is 24.9. The average Bonchev–Trinajstić information content (AvgIpc) is 2.62. The molecule has 2 aliphatic rings. The van der Waals surface area contributed by atoms with Crippen LogP contribution in [-0.4, -0.2) is 54.6 Å². The van der Waals surface area contributed by atoms with Gasteiger partial charge in [0.05, 0.1) is 25.3 Å². The summed E-state index contributed by atoms with van der Waals surface area (Å²) in [4.78, 5) is 16.7. The van der Waals surface area contributed by atoms with E-state index < -0.39 is 11.6 Å². The quantitative estimate of drug-likeness (QED) is 0.835. The van der Waals surface area contributed by atoms with Crippen molar-refractivity contribution < 1.29 is 18.3 Å². The van der Waals surface area contributed by atoms with Crippen LogP contribution in [-0.2, 0) is 9.53 Å². The van der Waals surface area contributed by atoms with E-state index in [0.29, 0.717) is 18.7 Å². The Morgan fingerprint density at radius 1 is 1.32 bits per heavy atom. The minimum absolute atomic E-state index is 0.0807. The molecule has 25 heavy (non-hydrogen) atoms. The van der Waals surface area contributed by atoms with Crippen molar-refractivity contribution in [1.82, 2.24) is 9.80 Å². The minimum Gasteiger partial charge on any atom is -0.374 e. The molecule has 4 nitrogen and oxygen atoms in total. The van der Waals surface area contributed by atoms with E-state index in [4.69, 9.17) is 4.74 Å². The molecule has 138 valence electrons. The lowest BCUT2D eigenvalue weighted by atomic mass is 9.90. The molecule has 2 fully saturated rings. The molecular weight excluding hydrogens is 326 g/mol. The van der Waals surface area contributed by atoms with Gasteiger partial charge in [-0.05, 0) is 44.5 Å². The van der Waals surface area contributed by atoms with Gasteiger partial charge in [-0.2, -0.15) is 0 Å². The van der Waals surface area contributed by atoms with Crippen LogP contribution in [0.2, 0.25) is 0 Å². The Balaban J connectivity index is 1.63. The highest BCUT2D eigenvalue weighted by atomic mass is 19.2. The molecule has 1 saturated carbocycles. The second-order valence-corrected chi connectivity index (χ2v) is 7.11. The van der Waals surface area contributed by atoms with E-state index >= 15 is 0 Å². The zero-order valence-electron chi connectivity index (χ0n) is 14.9. The van der Waals surface area contributed by atoms with Crippen molar-refractivity contribution in [3.05, 3.63) is 35.4 Å². The number of morpholine rings is 1. The number of amides is 1. The number of nitrogens with zero attached hydrogens (tertiary/aromatic N) is 2. The summed E-state index contributed by atoms with van der Waals surface area (Å²) in [7, 11) is 1.84. The SMILES string of the molecule is CC(c1ccc(F)c(F)c1)N(C)CC(=O)N1CCOC2CCCCC21. The van der Waals surface area contributed by atoms with Crippen molar-refractivity contribution in [2.75, 3.05) is 26.7 Å². The van der Waals surface area contributed by atoms with Crippen LogP contribution in [0.1, 0.15) is 44.2 Å². The zero-order valence-corrected chi connectivity index (χ0v) is 14.9. The number of rotatable bonds is 4. The maximum atomic E-state index is 13.5. The molecule has 0 spiro atoms. The molecular formula is C19H26F2N2O2. The zero-order chi connectivity index (χ0) is 18.0. The van der Waals surface area contributed by atoms with E-state index in [2.05, 4.69) is 0 Å². The fourth-order valence-corrected chi connectivity index (χ4v) is 3.87. The molecule has 1 aromatic rings. The third kappa shape index (κ3) is 4.01. The molecule has 1 aliphatic heterocycles. The van der Waals surface area contributed by atoms with Crippen molar-refractivity contribution in [2.24, 2.45) is 0 Å². The van der Waals surface area contributed by atoms with Crippen LogP contribution in [0.25, 0.3) is 0 Å². The van der Waals surface area contributed by atoms with Gasteiger partial charge in [-0.25, -0.2) is 8.78 Å². The number of fused-ring (bicyclic) bond motifs is 1. The number of benzene rings is 1. The molecule has 1 amide bonds. The maximum absolute atomic E-state index is 13.5. The molecule has 3 rings (SSSR count). The molecule has 3 atom stereocenters. The van der Waals surface area contributed by atoms with Gasteiger partial charge in [0.2, 0.25) is 5.91 Å². The number of halogens is 2. The van der Waals surface area contributed by atoms with E-state index in [9.17, 15) is 13.6 Å². The molecule has 1 heterocycles. The first-order valence-corrected chi connectivity index (χ1v) is 9.03. The number of hydrogen-bond acceptors (Lipinski definition) is 3. The molecule has 0 radical (unpaired) electrons. The lowest BCUT2D eigenvalue weighted by Gasteiger charge is -2.44. The Labute approximate surface area is 147 Å². The van der Waals surface area contributed by atoms with Crippen LogP contribution < -0.4 is 0 Å². The molecule has 0 bridgehead atoms. The van der Waals surface area contributed by atoms with E-state index in [1.807, 2.05) is 23.8 Å². The summed E-state index contributed by atoms with van der Waals surface area (Å²) in [6.45, 7) is 3.37. The predicted octanol–water partition coefficient (Wildman–Crippen LogP) is 3.13. The highest BCUT2D eigenvalue weighted by molar-refractivity contribution is 5.78. The van der Waals surface area contributed by atoms with Gasteiger partial charge in [-0.1, -0.05) is 18.9 Å². The summed E-state index contributed by atoms with van der Waals surface area (Å²) in [5.74, 6) is -1.63. The number of hydrogen-bond donors (Lipinski definition) is 0. The van der Waals surface area contributed by atoms with Crippen molar-refractivity contribution in [2.45, 2.75) is 50.8 Å². The van der Waals surface area contributed by atoms with Crippen LogP contribution in [0.3, 0.4) is 0 Å². The highest BCUT2D eigenvalue weighted by Crippen LogP contribution is 2.29. The average molecular weight is 352 g/mol. The van der Waals surface area contributed by atoms with E-state index in [1.54, 1.807) is 6.07 Å². The fraction of sp³-hybridized carbons (Fsp3) is 0.632. The highest BCUT2D eigenvalue weighted by Gasteiger charge is 2.36. The molecule has 6 heteroatoms. The summed E-state index contributed by atoms with van der Waals surface area (Å²) in [5.41, 5.74) is 0.659. The van der Waals surface area contributed by atoms with Crippen LogP contribution in [0.15, 0.2) is 18.2 Å². The van der Waals surface area contributed by atoms with Crippen LogP contribution >= 0.6 is 0 Å². The van der Waals surface area contributed by atoms with Gasteiger partial charge in [0.25, 0.3) is 0 Å². The van der Waals surface area contributed by atoms with Crippen LogP contribution in [0.5, 0.6) is 0 Å². The topological polar surface area (TPSA) is 32.8 Å². The lowest BCUT2D eigenvalue weighted by molar-refractivity contribution is -0.150. The van der Waals surface area contributed by atoms with E-state index in [-0.39, 0.29) is 30.6 Å². The summed E-state index contributed by atoms with van der Waals surface area (Å²) in [6.07, 6.45) is 4.49. The fourth-order valence-electron chi connectivity index (χ4n) is 3.87. The Hall–Kier alpha value is -1.53. The van der Waals surface area contributed by atoms with Gasteiger partial charge in [0.15, 0.2) is 11.6 Å². The Kier molecular flexibility index (Phi) is 5.69. The Morgan fingerprint density at radius 2 is 2.08 bits per heavy atom. The summed E-state index contributed by atoms with van der Waals surface area (Å²) in [5, 5.41) is 0. The first-order valence-electron chi connectivity index (χ1n) is 9.03. The van der Waals surface area contributed by atoms with Crippen LogP contribution in [0.4, 0.5) is 8.78 Å². The van der Waals surface area contributed by atoms with Crippen molar-refractivity contribution in [3.8, 4) is 0 Å². The van der Waals surface area contributed by atoms with Crippen molar-refractivity contribution >= 4 is 5.91 Å². The Bertz CT molecular complexity index is 623. The standard InChI is InChI=1S/C19H26F2N2O2/c1-13(14-7-8-15(20)16(21)11-14)22(2)12-19(24)23-9-10-25-18-6-4-3-5-17(18)23/h7-8,11,13,17-18H,3-6,9-10,12H2,1-2H3. The second-order valence-electron chi connectivity index (χ2n) is 7.11. The van der Waals surface area contributed by atoms with Gasteiger partial charge in [-0.15, -0.1) is 0 Å². The van der Waals surface area contributed by atoms with Gasteiger partial charge in [-0.3, -0.25) is 9.69 Å².